The highest BCUT2D eigenvalue weighted by Gasteiger charge is 2.12. The van der Waals surface area contributed by atoms with Gasteiger partial charge in [0.15, 0.2) is 0 Å². The summed E-state index contributed by atoms with van der Waals surface area (Å²) in [7, 11) is 0. The molecule has 3 aromatic rings. The van der Waals surface area contributed by atoms with Crippen LogP contribution < -0.4 is 10.7 Å². The van der Waals surface area contributed by atoms with E-state index in [2.05, 4.69) is 31.7 Å². The van der Waals surface area contributed by atoms with Gasteiger partial charge in [0.1, 0.15) is 18.2 Å². The van der Waals surface area contributed by atoms with Crippen LogP contribution in [0.25, 0.3) is 10.8 Å². The molecule has 10 heteroatoms. The number of amides is 2. The summed E-state index contributed by atoms with van der Waals surface area (Å²) in [5, 5.41) is 5.65. The van der Waals surface area contributed by atoms with Crippen molar-refractivity contribution < 1.29 is 18.7 Å². The molecule has 0 bridgehead atoms. The Morgan fingerprint density at radius 3 is 2.81 bits per heavy atom. The van der Waals surface area contributed by atoms with E-state index >= 15 is 0 Å². The topological polar surface area (TPSA) is 83.6 Å². The van der Waals surface area contributed by atoms with Crippen LogP contribution in [-0.2, 0) is 16.1 Å². The summed E-state index contributed by atoms with van der Waals surface area (Å²) >= 11 is 9.33. The average Bonchev–Trinajstić information content (AvgIpc) is 2.72. The van der Waals surface area contributed by atoms with E-state index in [1.807, 2.05) is 18.2 Å². The molecular weight excluding hydrogens is 491 g/mol. The number of hydrazine groups is 1. The molecule has 0 aliphatic carbocycles. The van der Waals surface area contributed by atoms with Crippen molar-refractivity contribution in [3.05, 3.63) is 69.5 Å². The number of halogens is 3. The molecule has 1 aromatic heterocycles. The third-order valence-electron chi connectivity index (χ3n) is 4.33. The summed E-state index contributed by atoms with van der Waals surface area (Å²) < 4.78 is 19.6. The summed E-state index contributed by atoms with van der Waals surface area (Å²) in [5.74, 6) is -0.485. The fourth-order valence-electron chi connectivity index (χ4n) is 2.76. The van der Waals surface area contributed by atoms with Crippen molar-refractivity contribution in [3.63, 3.8) is 0 Å². The number of ether oxygens (including phenoxy) is 1. The van der Waals surface area contributed by atoms with Gasteiger partial charge in [0, 0.05) is 29.5 Å². The van der Waals surface area contributed by atoms with Crippen LogP contribution in [0.15, 0.2) is 53.1 Å². The van der Waals surface area contributed by atoms with Gasteiger partial charge in [0.2, 0.25) is 5.91 Å². The summed E-state index contributed by atoms with van der Waals surface area (Å²) in [6.07, 6.45) is 0.953. The third kappa shape index (κ3) is 6.36. The molecule has 162 valence electrons. The number of carbonyl (C=O) groups excluding carboxylic acids is 2. The first-order valence-corrected chi connectivity index (χ1v) is 10.4. The van der Waals surface area contributed by atoms with E-state index in [0.717, 1.165) is 15.2 Å². The number of carbonyl (C=O) groups is 2. The molecule has 7 nitrogen and oxygen atoms in total. The van der Waals surface area contributed by atoms with Crippen LogP contribution in [0.5, 0.6) is 0 Å². The minimum absolute atomic E-state index is 0.0101. The molecule has 0 unspecified atom stereocenters. The maximum atomic E-state index is 13.5. The first-order chi connectivity index (χ1) is 14.8. The standard InChI is InChI=1S/C21H19BrClFN4O3/c1-13(29)28(26-12-15-3-2-4-18(24)20(15)23)7-8-31-21(30)27-19-10-16-9-17(22)6-5-14(16)11-25-19/h2-6,9-11,26H,7-8,12H2,1H3,(H,25,27,30). The summed E-state index contributed by atoms with van der Waals surface area (Å²) in [6.45, 7) is 1.53. The van der Waals surface area contributed by atoms with Gasteiger partial charge in [0.25, 0.3) is 0 Å². The molecule has 0 saturated heterocycles. The van der Waals surface area contributed by atoms with Crippen molar-refractivity contribution in [1.82, 2.24) is 15.4 Å². The number of hydrogen-bond acceptors (Lipinski definition) is 5. The number of fused-ring (bicyclic) bond motifs is 1. The van der Waals surface area contributed by atoms with Gasteiger partial charge in [0.05, 0.1) is 11.6 Å². The second-order valence-electron chi connectivity index (χ2n) is 6.54. The highest BCUT2D eigenvalue weighted by molar-refractivity contribution is 9.10. The predicted octanol–water partition coefficient (Wildman–Crippen LogP) is 4.89. The second-order valence-corrected chi connectivity index (χ2v) is 7.83. The third-order valence-corrected chi connectivity index (χ3v) is 5.25. The largest absolute Gasteiger partial charge is 0.447 e. The van der Waals surface area contributed by atoms with Crippen molar-refractivity contribution in [3.8, 4) is 0 Å². The second kappa shape index (κ2) is 10.5. The van der Waals surface area contributed by atoms with E-state index in [1.165, 1.54) is 24.1 Å². The molecule has 0 radical (unpaired) electrons. The van der Waals surface area contributed by atoms with E-state index in [4.69, 9.17) is 16.3 Å². The van der Waals surface area contributed by atoms with Crippen molar-refractivity contribution >= 4 is 56.1 Å². The van der Waals surface area contributed by atoms with Gasteiger partial charge < -0.3 is 4.74 Å². The quantitative estimate of drug-likeness (QED) is 0.443. The molecule has 2 aromatic carbocycles. The predicted molar refractivity (Wildman–Crippen MR) is 120 cm³/mol. The Bertz CT molecular complexity index is 1120. The molecule has 1 heterocycles. The Kier molecular flexibility index (Phi) is 7.78. The van der Waals surface area contributed by atoms with Crippen molar-refractivity contribution in [2.45, 2.75) is 13.5 Å². The fourth-order valence-corrected chi connectivity index (χ4v) is 3.34. The van der Waals surface area contributed by atoms with Crippen LogP contribution >= 0.6 is 27.5 Å². The van der Waals surface area contributed by atoms with E-state index in [0.29, 0.717) is 11.4 Å². The Hall–Kier alpha value is -2.75. The summed E-state index contributed by atoms with van der Waals surface area (Å²) in [5.41, 5.74) is 3.36. The lowest BCUT2D eigenvalue weighted by Crippen LogP contribution is -2.43. The molecule has 2 N–H and O–H groups in total. The van der Waals surface area contributed by atoms with E-state index in [1.54, 1.807) is 18.3 Å². The first-order valence-electron chi connectivity index (χ1n) is 9.27. The minimum Gasteiger partial charge on any atom is -0.447 e. The van der Waals surface area contributed by atoms with Crippen LogP contribution in [0.2, 0.25) is 5.02 Å². The molecule has 3 rings (SSSR count). The number of anilines is 1. The monoisotopic (exact) mass is 508 g/mol. The maximum absolute atomic E-state index is 13.5. The fraction of sp³-hybridized carbons (Fsp3) is 0.190. The number of rotatable bonds is 7. The van der Waals surface area contributed by atoms with Gasteiger partial charge >= 0.3 is 6.09 Å². The summed E-state index contributed by atoms with van der Waals surface area (Å²) in [4.78, 5) is 28.1. The van der Waals surface area contributed by atoms with Crippen LogP contribution in [-0.4, -0.2) is 35.1 Å². The van der Waals surface area contributed by atoms with Gasteiger partial charge in [-0.05, 0) is 35.2 Å². The maximum Gasteiger partial charge on any atom is 0.412 e. The number of nitrogens with one attached hydrogen (secondary N) is 2. The van der Waals surface area contributed by atoms with Crippen molar-refractivity contribution in [2.75, 3.05) is 18.5 Å². The number of benzene rings is 2. The van der Waals surface area contributed by atoms with Crippen LogP contribution in [0.4, 0.5) is 15.0 Å². The molecular formula is C21H19BrClFN4O3. The lowest BCUT2D eigenvalue weighted by Gasteiger charge is -2.22. The van der Waals surface area contributed by atoms with Gasteiger partial charge in [-0.3, -0.25) is 15.1 Å². The molecule has 0 aliphatic rings. The van der Waals surface area contributed by atoms with Gasteiger partial charge in [-0.2, -0.15) is 0 Å². The number of nitrogens with zero attached hydrogens (tertiary/aromatic N) is 2. The van der Waals surface area contributed by atoms with Gasteiger partial charge in [-0.15, -0.1) is 0 Å². The SMILES string of the molecule is CC(=O)N(CCOC(=O)Nc1cc2cc(Br)ccc2cn1)NCc1cccc(F)c1Cl. The van der Waals surface area contributed by atoms with Crippen molar-refractivity contribution in [1.29, 1.82) is 0 Å². The molecule has 0 atom stereocenters. The lowest BCUT2D eigenvalue weighted by molar-refractivity contribution is -0.132. The number of pyridine rings is 1. The Labute approximate surface area is 191 Å². The van der Waals surface area contributed by atoms with Crippen LogP contribution in [0, 0.1) is 5.82 Å². The van der Waals surface area contributed by atoms with Crippen molar-refractivity contribution in [2.24, 2.45) is 0 Å². The average molecular weight is 510 g/mol. The van der Waals surface area contributed by atoms with Gasteiger partial charge in [-0.1, -0.05) is 45.7 Å². The Balaban J connectivity index is 1.50. The highest BCUT2D eigenvalue weighted by Crippen LogP contribution is 2.21. The molecule has 0 spiro atoms. The zero-order chi connectivity index (χ0) is 22.4. The molecule has 0 aliphatic heterocycles. The smallest absolute Gasteiger partial charge is 0.412 e. The highest BCUT2D eigenvalue weighted by atomic mass is 79.9. The van der Waals surface area contributed by atoms with E-state index in [9.17, 15) is 14.0 Å². The molecule has 31 heavy (non-hydrogen) atoms. The van der Waals surface area contributed by atoms with Crippen LogP contribution in [0.1, 0.15) is 12.5 Å². The summed E-state index contributed by atoms with van der Waals surface area (Å²) in [6, 6.07) is 11.9. The van der Waals surface area contributed by atoms with E-state index in [-0.39, 0.29) is 30.6 Å². The molecule has 0 fully saturated rings. The number of hydrogen-bond donors (Lipinski definition) is 2. The van der Waals surface area contributed by atoms with Gasteiger partial charge in [-0.25, -0.2) is 19.6 Å². The molecule has 0 saturated carbocycles. The van der Waals surface area contributed by atoms with Crippen LogP contribution in [0.3, 0.4) is 0 Å². The van der Waals surface area contributed by atoms with E-state index < -0.39 is 11.9 Å². The first kappa shape index (κ1) is 22.9. The Morgan fingerprint density at radius 2 is 2.03 bits per heavy atom. The number of aromatic nitrogens is 1. The normalized spacial score (nSPS) is 10.7. The Morgan fingerprint density at radius 1 is 1.23 bits per heavy atom. The zero-order valence-electron chi connectivity index (χ0n) is 16.5. The zero-order valence-corrected chi connectivity index (χ0v) is 18.8. The minimum atomic E-state index is -0.696. The molecule has 2 amide bonds. The lowest BCUT2D eigenvalue weighted by atomic mass is 10.2.